The van der Waals surface area contributed by atoms with Crippen LogP contribution in [0.2, 0.25) is 0 Å². The first-order valence-corrected chi connectivity index (χ1v) is 10.4. The highest BCUT2D eigenvalue weighted by Gasteiger charge is 2.16. The Morgan fingerprint density at radius 3 is 2.54 bits per heavy atom. The number of furan rings is 1. The zero-order valence-corrected chi connectivity index (χ0v) is 16.8. The molecule has 28 heavy (non-hydrogen) atoms. The second-order valence-corrected chi connectivity index (χ2v) is 7.43. The maximum absolute atomic E-state index is 12.6. The molecule has 0 radical (unpaired) electrons. The summed E-state index contributed by atoms with van der Waals surface area (Å²) in [6.45, 7) is 3.81. The molecule has 0 saturated heterocycles. The monoisotopic (exact) mass is 395 g/mol. The van der Waals surface area contributed by atoms with E-state index in [4.69, 9.17) is 9.15 Å². The van der Waals surface area contributed by atoms with E-state index >= 15 is 0 Å². The van der Waals surface area contributed by atoms with Crippen molar-refractivity contribution < 1.29 is 13.9 Å². The molecular weight excluding hydrogens is 370 g/mol. The van der Waals surface area contributed by atoms with Gasteiger partial charge in [-0.1, -0.05) is 49.4 Å². The van der Waals surface area contributed by atoms with Crippen molar-refractivity contribution >= 4 is 17.7 Å². The van der Waals surface area contributed by atoms with Crippen molar-refractivity contribution in [2.45, 2.75) is 37.1 Å². The molecule has 1 amide bonds. The minimum absolute atomic E-state index is 0.196. The summed E-state index contributed by atoms with van der Waals surface area (Å²) in [6.07, 6.45) is 2.56. The lowest BCUT2D eigenvalue weighted by Crippen LogP contribution is -2.24. The molecule has 0 saturated carbocycles. The second kappa shape index (κ2) is 10.7. The summed E-state index contributed by atoms with van der Waals surface area (Å²) < 4.78 is 11.1. The fraction of sp³-hybridized carbons (Fsp3) is 0.261. The van der Waals surface area contributed by atoms with Gasteiger partial charge in [0.15, 0.2) is 5.76 Å². The largest absolute Gasteiger partial charge is 0.459 e. The lowest BCUT2D eigenvalue weighted by atomic mass is 10.1. The van der Waals surface area contributed by atoms with E-state index in [0.717, 1.165) is 34.6 Å². The van der Waals surface area contributed by atoms with E-state index in [1.807, 2.05) is 48.5 Å². The van der Waals surface area contributed by atoms with E-state index in [1.165, 1.54) is 0 Å². The van der Waals surface area contributed by atoms with Gasteiger partial charge in [-0.25, -0.2) is 0 Å². The van der Waals surface area contributed by atoms with Crippen molar-refractivity contribution in [3.63, 3.8) is 0 Å². The molecule has 3 rings (SSSR count). The van der Waals surface area contributed by atoms with Crippen LogP contribution in [0.3, 0.4) is 0 Å². The molecule has 0 aliphatic heterocycles. The molecule has 0 bridgehead atoms. The molecule has 1 N–H and O–H groups in total. The van der Waals surface area contributed by atoms with Crippen LogP contribution in [0.5, 0.6) is 0 Å². The van der Waals surface area contributed by atoms with Crippen LogP contribution in [0.1, 0.15) is 40.6 Å². The summed E-state index contributed by atoms with van der Waals surface area (Å²) in [6, 6.07) is 20.0. The average molecular weight is 396 g/mol. The number of carbonyl (C=O) groups excluding carboxylic acids is 1. The minimum Gasteiger partial charge on any atom is -0.459 e. The van der Waals surface area contributed by atoms with Gasteiger partial charge in [0.25, 0.3) is 5.91 Å². The first-order chi connectivity index (χ1) is 13.8. The van der Waals surface area contributed by atoms with Crippen LogP contribution >= 0.6 is 11.8 Å². The number of amides is 1. The molecule has 0 fully saturated rings. The van der Waals surface area contributed by atoms with E-state index in [9.17, 15) is 4.79 Å². The van der Waals surface area contributed by atoms with Gasteiger partial charge in [-0.05, 0) is 35.7 Å². The predicted molar refractivity (Wildman–Crippen MR) is 112 cm³/mol. The first kappa shape index (κ1) is 20.2. The van der Waals surface area contributed by atoms with Gasteiger partial charge < -0.3 is 14.5 Å². The molecule has 0 aliphatic carbocycles. The Labute approximate surface area is 170 Å². The van der Waals surface area contributed by atoms with Crippen LogP contribution in [0.15, 0.2) is 76.2 Å². The summed E-state index contributed by atoms with van der Waals surface area (Å²) >= 11 is 1.68. The minimum atomic E-state index is -0.196. The third-order valence-corrected chi connectivity index (χ3v) is 5.32. The molecule has 5 heteroatoms. The maximum atomic E-state index is 12.6. The third-order valence-electron chi connectivity index (χ3n) is 4.25. The molecule has 0 spiro atoms. The zero-order valence-electron chi connectivity index (χ0n) is 16.0. The molecule has 0 aliphatic rings. The van der Waals surface area contributed by atoms with Gasteiger partial charge in [-0.2, -0.15) is 0 Å². The molecule has 1 aromatic heterocycles. The first-order valence-electron chi connectivity index (χ1n) is 9.45. The quantitative estimate of drug-likeness (QED) is 0.367. The molecule has 2 aromatic carbocycles. The highest BCUT2D eigenvalue weighted by Crippen LogP contribution is 2.25. The van der Waals surface area contributed by atoms with Crippen LogP contribution in [0.4, 0.5) is 0 Å². The number of nitrogens with one attached hydrogen (secondary N) is 1. The summed E-state index contributed by atoms with van der Waals surface area (Å²) in [5.74, 6) is 0.867. The number of hydrogen-bond donors (Lipinski definition) is 1. The number of hydrogen-bond acceptors (Lipinski definition) is 4. The van der Waals surface area contributed by atoms with Crippen LogP contribution < -0.4 is 5.32 Å². The van der Waals surface area contributed by atoms with E-state index in [2.05, 4.69) is 24.4 Å². The van der Waals surface area contributed by atoms with E-state index in [0.29, 0.717) is 24.7 Å². The van der Waals surface area contributed by atoms with Crippen molar-refractivity contribution in [1.82, 2.24) is 5.32 Å². The van der Waals surface area contributed by atoms with Crippen molar-refractivity contribution in [2.75, 3.05) is 6.61 Å². The maximum Gasteiger partial charge on any atom is 0.287 e. The molecule has 1 heterocycles. The van der Waals surface area contributed by atoms with Gasteiger partial charge in [0.05, 0.1) is 12.9 Å². The Morgan fingerprint density at radius 1 is 1.00 bits per heavy atom. The summed E-state index contributed by atoms with van der Waals surface area (Å²) in [5.41, 5.74) is 3.04. The molecule has 3 aromatic rings. The molecule has 146 valence electrons. The van der Waals surface area contributed by atoms with E-state index in [-0.39, 0.29) is 5.91 Å². The summed E-state index contributed by atoms with van der Waals surface area (Å²) in [5, 5.41) is 2.97. The van der Waals surface area contributed by atoms with Crippen molar-refractivity contribution in [2.24, 2.45) is 0 Å². The van der Waals surface area contributed by atoms with Crippen LogP contribution in [0, 0.1) is 0 Å². The van der Waals surface area contributed by atoms with Crippen LogP contribution in [0.25, 0.3) is 0 Å². The number of rotatable bonds is 10. The lowest BCUT2D eigenvalue weighted by molar-refractivity contribution is 0.0920. The van der Waals surface area contributed by atoms with Gasteiger partial charge in [0.1, 0.15) is 0 Å². The number of thioether (sulfide) groups is 1. The van der Waals surface area contributed by atoms with Gasteiger partial charge in [0, 0.05) is 29.4 Å². The molecule has 0 atom stereocenters. The average Bonchev–Trinajstić information content (AvgIpc) is 3.21. The third kappa shape index (κ3) is 5.75. The second-order valence-electron chi connectivity index (χ2n) is 6.38. The van der Waals surface area contributed by atoms with Gasteiger partial charge in [-0.15, -0.1) is 11.8 Å². The Bertz CT molecular complexity index is 876. The fourth-order valence-electron chi connectivity index (χ4n) is 2.78. The van der Waals surface area contributed by atoms with Crippen molar-refractivity contribution in [3.8, 4) is 0 Å². The lowest BCUT2D eigenvalue weighted by Gasteiger charge is -2.11. The highest BCUT2D eigenvalue weighted by atomic mass is 32.2. The molecular formula is C23H25NO3S. The Kier molecular flexibility index (Phi) is 7.76. The highest BCUT2D eigenvalue weighted by molar-refractivity contribution is 7.98. The Hall–Kier alpha value is -2.50. The van der Waals surface area contributed by atoms with E-state index in [1.54, 1.807) is 18.0 Å². The Morgan fingerprint density at radius 2 is 1.75 bits per heavy atom. The summed E-state index contributed by atoms with van der Waals surface area (Å²) in [4.78, 5) is 13.8. The van der Waals surface area contributed by atoms with Crippen LogP contribution in [-0.2, 0) is 23.6 Å². The predicted octanol–water partition coefficient (Wildman–Crippen LogP) is 5.43. The number of carbonyl (C=O) groups is 1. The number of benzene rings is 2. The number of ether oxygens (including phenoxy) is 1. The SMILES string of the molecule is CCCOCc1ccccc1CNC(=O)c1occc1CSc1ccccc1. The van der Waals surface area contributed by atoms with Crippen LogP contribution in [-0.4, -0.2) is 12.5 Å². The topological polar surface area (TPSA) is 51.5 Å². The normalized spacial score (nSPS) is 10.8. The van der Waals surface area contributed by atoms with Gasteiger partial charge in [0.2, 0.25) is 0 Å². The summed E-state index contributed by atoms with van der Waals surface area (Å²) in [7, 11) is 0. The molecule has 4 nitrogen and oxygen atoms in total. The Balaban J connectivity index is 1.58. The smallest absolute Gasteiger partial charge is 0.287 e. The van der Waals surface area contributed by atoms with Crippen molar-refractivity contribution in [3.05, 3.63) is 89.4 Å². The van der Waals surface area contributed by atoms with Gasteiger partial charge in [-0.3, -0.25) is 4.79 Å². The zero-order chi connectivity index (χ0) is 19.6. The fourth-order valence-corrected chi connectivity index (χ4v) is 3.68. The molecule has 0 unspecified atom stereocenters. The standard InChI is InChI=1S/C23H25NO3S/c1-2-13-26-16-19-9-7-6-8-18(19)15-24-23(25)22-20(12-14-27-22)17-28-21-10-4-3-5-11-21/h3-12,14H,2,13,15-17H2,1H3,(H,24,25). The van der Waals surface area contributed by atoms with Crippen molar-refractivity contribution in [1.29, 1.82) is 0 Å². The van der Waals surface area contributed by atoms with E-state index < -0.39 is 0 Å². The van der Waals surface area contributed by atoms with Gasteiger partial charge >= 0.3 is 0 Å².